The Bertz CT molecular complexity index is 182. The second-order valence-electron chi connectivity index (χ2n) is 4.88. The molecule has 0 radical (unpaired) electrons. The molecule has 15 heavy (non-hydrogen) atoms. The fourth-order valence-electron chi connectivity index (χ4n) is 2.60. The van der Waals surface area contributed by atoms with Crippen molar-refractivity contribution in [2.45, 2.75) is 36.9 Å². The molecule has 0 saturated carbocycles. The summed E-state index contributed by atoms with van der Waals surface area (Å²) in [6, 6.07) is 0. The first-order valence-corrected chi connectivity index (χ1v) is 7.20. The molecule has 0 aromatic carbocycles. The lowest BCUT2D eigenvalue weighted by Gasteiger charge is -2.31. The highest BCUT2D eigenvalue weighted by Gasteiger charge is 2.19. The Morgan fingerprint density at radius 1 is 1.20 bits per heavy atom. The van der Waals surface area contributed by atoms with Gasteiger partial charge in [-0.15, -0.1) is 0 Å². The predicted molar refractivity (Wildman–Crippen MR) is 66.5 cm³/mol. The first kappa shape index (κ1) is 11.9. The SMILES string of the molecule is BrC1CCCN(CCC2CCOCC2)C1. The molecule has 1 unspecified atom stereocenters. The number of alkyl halides is 1. The Morgan fingerprint density at radius 3 is 2.73 bits per heavy atom. The maximum absolute atomic E-state index is 5.39. The quantitative estimate of drug-likeness (QED) is 0.735. The van der Waals surface area contributed by atoms with Crippen molar-refractivity contribution in [1.82, 2.24) is 4.90 Å². The third kappa shape index (κ3) is 4.04. The molecule has 2 fully saturated rings. The molecule has 0 amide bonds. The Morgan fingerprint density at radius 2 is 2.00 bits per heavy atom. The lowest BCUT2D eigenvalue weighted by Crippen LogP contribution is -2.37. The topological polar surface area (TPSA) is 12.5 Å². The zero-order valence-electron chi connectivity index (χ0n) is 9.46. The Balaban J connectivity index is 1.63. The lowest BCUT2D eigenvalue weighted by molar-refractivity contribution is 0.0593. The summed E-state index contributed by atoms with van der Waals surface area (Å²) in [5.74, 6) is 0.925. The van der Waals surface area contributed by atoms with Crippen LogP contribution in [0, 0.1) is 5.92 Å². The first-order chi connectivity index (χ1) is 7.34. The summed E-state index contributed by atoms with van der Waals surface area (Å²) >= 11 is 3.73. The van der Waals surface area contributed by atoms with E-state index in [1.54, 1.807) is 0 Å². The van der Waals surface area contributed by atoms with E-state index >= 15 is 0 Å². The van der Waals surface area contributed by atoms with Crippen LogP contribution in [-0.2, 0) is 4.74 Å². The minimum absolute atomic E-state index is 0.737. The van der Waals surface area contributed by atoms with Gasteiger partial charge in [-0.05, 0) is 51.1 Å². The van der Waals surface area contributed by atoms with Crippen LogP contribution in [0.25, 0.3) is 0 Å². The zero-order chi connectivity index (χ0) is 10.5. The Kier molecular flexibility index (Phi) is 4.92. The van der Waals surface area contributed by atoms with Gasteiger partial charge in [0.15, 0.2) is 0 Å². The van der Waals surface area contributed by atoms with Gasteiger partial charge in [0.05, 0.1) is 0 Å². The number of halogens is 1. The standard InChI is InChI=1S/C12H22BrNO/c13-12-2-1-6-14(10-12)7-3-11-4-8-15-9-5-11/h11-12H,1-10H2. The molecule has 2 heterocycles. The normalized spacial score (nSPS) is 30.6. The van der Waals surface area contributed by atoms with Crippen LogP contribution in [0.4, 0.5) is 0 Å². The molecule has 0 aliphatic carbocycles. The highest BCUT2D eigenvalue weighted by atomic mass is 79.9. The predicted octanol–water partition coefficient (Wildman–Crippen LogP) is 2.66. The minimum atomic E-state index is 0.737. The second kappa shape index (κ2) is 6.21. The van der Waals surface area contributed by atoms with Crippen LogP contribution in [0.3, 0.4) is 0 Å². The molecule has 2 nitrogen and oxygen atoms in total. The molecule has 0 aromatic rings. The van der Waals surface area contributed by atoms with Gasteiger partial charge in [-0.2, -0.15) is 0 Å². The molecule has 0 bridgehead atoms. The maximum atomic E-state index is 5.39. The van der Waals surface area contributed by atoms with E-state index in [2.05, 4.69) is 20.8 Å². The maximum Gasteiger partial charge on any atom is 0.0468 e. The largest absolute Gasteiger partial charge is 0.381 e. The fraction of sp³-hybridized carbons (Fsp3) is 1.00. The monoisotopic (exact) mass is 275 g/mol. The molecular formula is C12H22BrNO. The molecule has 2 saturated heterocycles. The number of ether oxygens (including phenoxy) is 1. The van der Waals surface area contributed by atoms with Crippen LogP contribution in [-0.4, -0.2) is 42.6 Å². The van der Waals surface area contributed by atoms with Crippen molar-refractivity contribution in [2.75, 3.05) is 32.8 Å². The number of nitrogens with zero attached hydrogens (tertiary/aromatic N) is 1. The fourth-order valence-corrected chi connectivity index (χ4v) is 3.34. The van der Waals surface area contributed by atoms with Crippen LogP contribution in [0.15, 0.2) is 0 Å². The molecule has 2 aliphatic heterocycles. The van der Waals surface area contributed by atoms with Gasteiger partial charge in [-0.1, -0.05) is 15.9 Å². The Hall–Kier alpha value is 0.400. The molecule has 3 heteroatoms. The summed E-state index contributed by atoms with van der Waals surface area (Å²) in [5, 5.41) is 0. The third-order valence-corrected chi connectivity index (χ3v) is 4.39. The summed E-state index contributed by atoms with van der Waals surface area (Å²) in [6.45, 7) is 5.85. The van der Waals surface area contributed by atoms with Crippen molar-refractivity contribution >= 4 is 15.9 Å². The van der Waals surface area contributed by atoms with Gasteiger partial charge in [-0.25, -0.2) is 0 Å². The van der Waals surface area contributed by atoms with Crippen LogP contribution >= 0.6 is 15.9 Å². The van der Waals surface area contributed by atoms with E-state index in [1.165, 1.54) is 51.7 Å². The number of hydrogen-bond acceptors (Lipinski definition) is 2. The Labute approximate surface area is 101 Å². The molecule has 0 aromatic heterocycles. The smallest absolute Gasteiger partial charge is 0.0468 e. The van der Waals surface area contributed by atoms with Crippen molar-refractivity contribution < 1.29 is 4.74 Å². The zero-order valence-corrected chi connectivity index (χ0v) is 11.0. The van der Waals surface area contributed by atoms with Crippen molar-refractivity contribution in [2.24, 2.45) is 5.92 Å². The molecule has 88 valence electrons. The van der Waals surface area contributed by atoms with Gasteiger partial charge >= 0.3 is 0 Å². The van der Waals surface area contributed by atoms with E-state index < -0.39 is 0 Å². The van der Waals surface area contributed by atoms with Crippen molar-refractivity contribution in [3.05, 3.63) is 0 Å². The molecule has 2 aliphatic rings. The van der Waals surface area contributed by atoms with E-state index in [-0.39, 0.29) is 0 Å². The van der Waals surface area contributed by atoms with Crippen molar-refractivity contribution in [3.8, 4) is 0 Å². The molecule has 2 rings (SSSR count). The summed E-state index contributed by atoms with van der Waals surface area (Å²) in [4.78, 5) is 3.36. The van der Waals surface area contributed by atoms with Crippen LogP contribution in [0.1, 0.15) is 32.1 Å². The molecule has 0 spiro atoms. The van der Waals surface area contributed by atoms with Crippen molar-refractivity contribution in [1.29, 1.82) is 0 Å². The molecular weight excluding hydrogens is 254 g/mol. The summed E-state index contributed by atoms with van der Waals surface area (Å²) in [7, 11) is 0. The van der Waals surface area contributed by atoms with E-state index in [9.17, 15) is 0 Å². The van der Waals surface area contributed by atoms with Crippen LogP contribution < -0.4 is 0 Å². The van der Waals surface area contributed by atoms with Gasteiger partial charge in [0.2, 0.25) is 0 Å². The number of likely N-dealkylation sites (tertiary alicyclic amines) is 1. The van der Waals surface area contributed by atoms with E-state index in [1.807, 2.05) is 0 Å². The van der Waals surface area contributed by atoms with Gasteiger partial charge in [-0.3, -0.25) is 0 Å². The average Bonchev–Trinajstić information content (AvgIpc) is 2.28. The number of piperidine rings is 1. The van der Waals surface area contributed by atoms with Gasteiger partial charge < -0.3 is 9.64 Å². The number of hydrogen-bond donors (Lipinski definition) is 0. The van der Waals surface area contributed by atoms with Crippen LogP contribution in [0.2, 0.25) is 0 Å². The second-order valence-corrected chi connectivity index (χ2v) is 6.18. The summed E-state index contributed by atoms with van der Waals surface area (Å²) < 4.78 is 5.39. The van der Waals surface area contributed by atoms with E-state index in [0.29, 0.717) is 0 Å². The van der Waals surface area contributed by atoms with E-state index in [0.717, 1.165) is 24.0 Å². The highest BCUT2D eigenvalue weighted by molar-refractivity contribution is 9.09. The van der Waals surface area contributed by atoms with Gasteiger partial charge in [0.1, 0.15) is 0 Å². The average molecular weight is 276 g/mol. The molecule has 1 atom stereocenters. The van der Waals surface area contributed by atoms with Gasteiger partial charge in [0, 0.05) is 24.6 Å². The summed E-state index contributed by atoms with van der Waals surface area (Å²) in [6.07, 6.45) is 6.66. The lowest BCUT2D eigenvalue weighted by atomic mass is 9.96. The highest BCUT2D eigenvalue weighted by Crippen LogP contribution is 2.21. The van der Waals surface area contributed by atoms with Crippen molar-refractivity contribution in [3.63, 3.8) is 0 Å². The first-order valence-electron chi connectivity index (χ1n) is 6.29. The minimum Gasteiger partial charge on any atom is -0.381 e. The van der Waals surface area contributed by atoms with Gasteiger partial charge in [0.25, 0.3) is 0 Å². The molecule has 0 N–H and O–H groups in total. The summed E-state index contributed by atoms with van der Waals surface area (Å²) in [5.41, 5.74) is 0. The van der Waals surface area contributed by atoms with Crippen LogP contribution in [0.5, 0.6) is 0 Å². The third-order valence-electron chi connectivity index (χ3n) is 3.64. The number of rotatable bonds is 3. The van der Waals surface area contributed by atoms with E-state index in [4.69, 9.17) is 4.74 Å².